The van der Waals surface area contributed by atoms with Crippen molar-refractivity contribution < 1.29 is 4.21 Å². The maximum atomic E-state index is 11.1. The van der Waals surface area contributed by atoms with Gasteiger partial charge in [-0.3, -0.25) is 10.3 Å². The van der Waals surface area contributed by atoms with Gasteiger partial charge < -0.3 is 0 Å². The fraction of sp³-hybridized carbons (Fsp3) is 0. The van der Waals surface area contributed by atoms with Gasteiger partial charge in [-0.1, -0.05) is 18.2 Å². The van der Waals surface area contributed by atoms with Crippen molar-refractivity contribution in [2.24, 2.45) is 0 Å². The molecule has 1 unspecified atom stereocenters. The third-order valence-corrected chi connectivity index (χ3v) is 2.72. The van der Waals surface area contributed by atoms with E-state index in [-0.39, 0.29) is 5.17 Å². The molecule has 1 aliphatic rings. The average Bonchev–Trinajstić information content (AvgIpc) is 2.49. The molecule has 1 N–H and O–H groups in total. The number of nitrogens with one attached hydrogen (secondary N) is 1. The molecule has 0 fully saturated rings. The third-order valence-electron chi connectivity index (χ3n) is 1.78. The lowest BCUT2D eigenvalue weighted by Crippen LogP contribution is -2.21. The molecule has 0 saturated heterocycles. The molecule has 13 heavy (non-hydrogen) atoms. The van der Waals surface area contributed by atoms with E-state index < -0.39 is 10.8 Å². The molecule has 0 aliphatic carbocycles. The van der Waals surface area contributed by atoms with Crippen molar-refractivity contribution in [2.45, 2.75) is 0 Å². The van der Waals surface area contributed by atoms with Crippen molar-refractivity contribution in [2.75, 3.05) is 4.90 Å². The highest BCUT2D eigenvalue weighted by Crippen LogP contribution is 2.19. The summed E-state index contributed by atoms with van der Waals surface area (Å²) in [4.78, 5) is 1.61. The van der Waals surface area contributed by atoms with E-state index in [1.165, 1.54) is 5.41 Å². The lowest BCUT2D eigenvalue weighted by molar-refractivity contribution is 0.694. The van der Waals surface area contributed by atoms with Gasteiger partial charge in [0.2, 0.25) is 5.17 Å². The molecule has 66 valence electrons. The van der Waals surface area contributed by atoms with E-state index in [9.17, 15) is 4.21 Å². The first-order valence-corrected chi connectivity index (χ1v) is 5.02. The topological polar surface area (TPSA) is 44.2 Å². The molecule has 0 spiro atoms. The van der Waals surface area contributed by atoms with E-state index >= 15 is 0 Å². The van der Waals surface area contributed by atoms with Crippen molar-refractivity contribution in [3.63, 3.8) is 0 Å². The smallest absolute Gasteiger partial charge is 0.200 e. The molecular formula is C9H8N2OS. The van der Waals surface area contributed by atoms with Crippen LogP contribution >= 0.6 is 0 Å². The Morgan fingerprint density at radius 1 is 1.23 bits per heavy atom. The third kappa shape index (κ3) is 1.40. The van der Waals surface area contributed by atoms with E-state index in [1.807, 2.05) is 30.3 Å². The Morgan fingerprint density at radius 3 is 2.46 bits per heavy atom. The van der Waals surface area contributed by atoms with Gasteiger partial charge in [-0.2, -0.15) is 0 Å². The van der Waals surface area contributed by atoms with Crippen LogP contribution in [0.25, 0.3) is 0 Å². The molecule has 0 radical (unpaired) electrons. The summed E-state index contributed by atoms with van der Waals surface area (Å²) in [6.07, 6.45) is 1.66. The van der Waals surface area contributed by atoms with Gasteiger partial charge in [0, 0.05) is 17.3 Å². The number of hydrogen-bond acceptors (Lipinski definition) is 2. The van der Waals surface area contributed by atoms with Crippen LogP contribution in [0.1, 0.15) is 0 Å². The van der Waals surface area contributed by atoms with E-state index in [0.717, 1.165) is 5.69 Å². The molecule has 0 amide bonds. The minimum absolute atomic E-state index is 0.117. The van der Waals surface area contributed by atoms with Crippen LogP contribution in [0.15, 0.2) is 41.9 Å². The Kier molecular flexibility index (Phi) is 1.98. The predicted octanol–water partition coefficient (Wildman–Crippen LogP) is 1.66. The number of anilines is 1. The van der Waals surface area contributed by atoms with Crippen molar-refractivity contribution in [1.82, 2.24) is 0 Å². The highest BCUT2D eigenvalue weighted by molar-refractivity contribution is 8.03. The fourth-order valence-electron chi connectivity index (χ4n) is 1.14. The van der Waals surface area contributed by atoms with Crippen LogP contribution in [0.2, 0.25) is 0 Å². The summed E-state index contributed by atoms with van der Waals surface area (Å²) >= 11 is 0. The molecule has 3 nitrogen and oxygen atoms in total. The van der Waals surface area contributed by atoms with Gasteiger partial charge in [-0.15, -0.1) is 0 Å². The zero-order valence-electron chi connectivity index (χ0n) is 6.81. The van der Waals surface area contributed by atoms with Crippen molar-refractivity contribution in [3.05, 3.63) is 41.9 Å². The molecule has 1 aromatic carbocycles. The number of nitrogens with zero attached hydrogens (tertiary/aromatic N) is 1. The Hall–Kier alpha value is -1.42. The number of hydrogen-bond donors (Lipinski definition) is 1. The molecule has 0 bridgehead atoms. The fourth-order valence-corrected chi connectivity index (χ4v) is 1.86. The summed E-state index contributed by atoms with van der Waals surface area (Å²) in [5.74, 6) is 0. The lowest BCUT2D eigenvalue weighted by Gasteiger charge is -2.13. The first-order valence-electron chi connectivity index (χ1n) is 3.81. The molecule has 1 atom stereocenters. The van der Waals surface area contributed by atoms with E-state index in [0.29, 0.717) is 0 Å². The SMILES string of the molecule is N=C1N(c2ccccc2)C=CS1=O. The standard InChI is InChI=1S/C9H8N2OS/c10-9-11(6-7-13(9)12)8-4-2-1-3-5-8/h1-7,10H. The number of para-hydroxylation sites is 1. The summed E-state index contributed by atoms with van der Waals surface area (Å²) in [5.41, 5.74) is 0.870. The van der Waals surface area contributed by atoms with Gasteiger partial charge in [0.05, 0.1) is 0 Å². The first-order chi connectivity index (χ1) is 6.29. The maximum Gasteiger partial charge on any atom is 0.200 e. The normalized spacial score (nSPS) is 21.1. The highest BCUT2D eigenvalue weighted by atomic mass is 32.2. The van der Waals surface area contributed by atoms with Crippen molar-refractivity contribution >= 4 is 21.7 Å². The number of benzene rings is 1. The summed E-state index contributed by atoms with van der Waals surface area (Å²) in [5, 5.41) is 9.14. The van der Waals surface area contributed by atoms with Crippen LogP contribution in [-0.4, -0.2) is 9.38 Å². The zero-order chi connectivity index (χ0) is 9.26. The quantitative estimate of drug-likeness (QED) is 0.735. The van der Waals surface area contributed by atoms with E-state index in [1.54, 1.807) is 11.1 Å². The van der Waals surface area contributed by atoms with E-state index in [2.05, 4.69) is 0 Å². The van der Waals surface area contributed by atoms with Gasteiger partial charge in [-0.25, -0.2) is 4.21 Å². The summed E-state index contributed by atoms with van der Waals surface area (Å²) in [7, 11) is -1.27. The number of amidine groups is 1. The van der Waals surface area contributed by atoms with Crippen LogP contribution < -0.4 is 4.90 Å². The van der Waals surface area contributed by atoms with Crippen LogP contribution in [0.4, 0.5) is 5.69 Å². The predicted molar refractivity (Wildman–Crippen MR) is 53.9 cm³/mol. The summed E-state index contributed by atoms with van der Waals surface area (Å²) in [6.45, 7) is 0. The molecule has 0 saturated carbocycles. The second-order valence-corrected chi connectivity index (χ2v) is 3.85. The average molecular weight is 192 g/mol. The summed E-state index contributed by atoms with van der Waals surface area (Å²) in [6, 6.07) is 9.43. The molecule has 4 heteroatoms. The highest BCUT2D eigenvalue weighted by Gasteiger charge is 2.19. The Labute approximate surface area is 78.7 Å². The molecular weight excluding hydrogens is 184 g/mol. The largest absolute Gasteiger partial charge is 0.294 e. The monoisotopic (exact) mass is 192 g/mol. The second-order valence-electron chi connectivity index (χ2n) is 2.59. The molecule has 1 aromatic rings. The van der Waals surface area contributed by atoms with Gasteiger partial charge in [-0.05, 0) is 12.1 Å². The van der Waals surface area contributed by atoms with Crippen LogP contribution in [0.5, 0.6) is 0 Å². The molecule has 1 aliphatic heterocycles. The van der Waals surface area contributed by atoms with Crippen molar-refractivity contribution in [3.8, 4) is 0 Å². The zero-order valence-corrected chi connectivity index (χ0v) is 7.62. The Morgan fingerprint density at radius 2 is 1.92 bits per heavy atom. The summed E-state index contributed by atoms with van der Waals surface area (Å²) < 4.78 is 11.1. The van der Waals surface area contributed by atoms with Crippen molar-refractivity contribution in [1.29, 1.82) is 5.41 Å². The Balaban J connectivity index is 2.35. The first kappa shape index (κ1) is 8.19. The number of rotatable bonds is 1. The van der Waals surface area contributed by atoms with Crippen LogP contribution in [0, 0.1) is 5.41 Å². The lowest BCUT2D eigenvalue weighted by atomic mass is 10.3. The minimum Gasteiger partial charge on any atom is -0.294 e. The van der Waals surface area contributed by atoms with E-state index in [4.69, 9.17) is 5.41 Å². The van der Waals surface area contributed by atoms with Crippen LogP contribution in [0.3, 0.4) is 0 Å². The molecule has 0 aromatic heterocycles. The van der Waals surface area contributed by atoms with Gasteiger partial charge in [0.25, 0.3) is 0 Å². The van der Waals surface area contributed by atoms with Gasteiger partial charge >= 0.3 is 0 Å². The second kappa shape index (κ2) is 3.14. The Bertz CT molecular complexity index is 386. The minimum atomic E-state index is -1.27. The maximum absolute atomic E-state index is 11.1. The van der Waals surface area contributed by atoms with Crippen LogP contribution in [-0.2, 0) is 10.8 Å². The van der Waals surface area contributed by atoms with Gasteiger partial charge in [0.1, 0.15) is 10.8 Å². The van der Waals surface area contributed by atoms with Gasteiger partial charge in [0.15, 0.2) is 0 Å². The molecule has 1 heterocycles. The molecule has 2 rings (SSSR count).